The van der Waals surface area contributed by atoms with Crippen LogP contribution in [0.1, 0.15) is 49.3 Å². The summed E-state index contributed by atoms with van der Waals surface area (Å²) < 4.78 is 0. The van der Waals surface area contributed by atoms with E-state index in [0.29, 0.717) is 5.92 Å². The lowest BCUT2D eigenvalue weighted by Crippen LogP contribution is -2.05. The quantitative estimate of drug-likeness (QED) is 0.190. The molecule has 0 spiro atoms. The lowest BCUT2D eigenvalue weighted by atomic mass is 9.81. The minimum atomic E-state index is 0.619. The van der Waals surface area contributed by atoms with Crippen LogP contribution < -0.4 is 0 Å². The zero-order valence-corrected chi connectivity index (χ0v) is 25.7. The molecule has 0 aliphatic heterocycles. The Kier molecular flexibility index (Phi) is 6.20. The smallest absolute Gasteiger partial charge is 0.0783 e. The molecule has 9 rings (SSSR count). The average molecular weight is 578 g/mol. The van der Waals surface area contributed by atoms with Crippen LogP contribution in [0.4, 0.5) is 0 Å². The molecule has 1 aliphatic carbocycles. The zero-order valence-electron chi connectivity index (χ0n) is 25.7. The van der Waals surface area contributed by atoms with E-state index in [1.165, 1.54) is 108 Å². The fraction of sp³-hybridized carbons (Fsp3) is 0.159. The molecule has 1 saturated carbocycles. The Bertz CT molecular complexity index is 2390. The van der Waals surface area contributed by atoms with E-state index in [9.17, 15) is 0 Å². The highest BCUT2D eigenvalue weighted by molar-refractivity contribution is 6.25. The summed E-state index contributed by atoms with van der Waals surface area (Å²) in [5, 5.41) is 11.7. The predicted molar refractivity (Wildman–Crippen MR) is 193 cm³/mol. The molecule has 8 aromatic rings. The maximum absolute atomic E-state index is 5.07. The first-order valence-corrected chi connectivity index (χ1v) is 16.5. The van der Waals surface area contributed by atoms with E-state index < -0.39 is 0 Å². The van der Waals surface area contributed by atoms with E-state index in [-0.39, 0.29) is 0 Å². The van der Waals surface area contributed by atoms with Crippen LogP contribution in [-0.2, 0) is 0 Å². The van der Waals surface area contributed by atoms with Crippen molar-refractivity contribution in [3.63, 3.8) is 0 Å². The molecule has 0 unspecified atom stereocenters. The van der Waals surface area contributed by atoms with Crippen LogP contribution in [0.3, 0.4) is 0 Å². The lowest BCUT2D eigenvalue weighted by Gasteiger charge is -2.24. The summed E-state index contributed by atoms with van der Waals surface area (Å²) in [6, 6.07) is 47.7. The number of rotatable bonds is 3. The van der Waals surface area contributed by atoms with E-state index in [0.717, 1.165) is 11.2 Å². The molecule has 0 saturated heterocycles. The van der Waals surface area contributed by atoms with Gasteiger partial charge in [-0.15, -0.1) is 0 Å². The van der Waals surface area contributed by atoms with Gasteiger partial charge in [-0.2, -0.15) is 0 Å². The fourth-order valence-electron chi connectivity index (χ4n) is 8.01. The maximum atomic E-state index is 5.07. The van der Waals surface area contributed by atoms with Crippen molar-refractivity contribution in [2.75, 3.05) is 0 Å². The minimum Gasteiger partial charge on any atom is -0.252 e. The lowest BCUT2D eigenvalue weighted by molar-refractivity contribution is 0.444. The number of nitrogens with zero attached hydrogens (tertiary/aromatic N) is 1. The van der Waals surface area contributed by atoms with E-state index in [1.54, 1.807) is 0 Å². The Balaban J connectivity index is 1.25. The molecule has 1 aliphatic rings. The fourth-order valence-corrected chi connectivity index (χ4v) is 8.01. The third kappa shape index (κ3) is 4.41. The summed E-state index contributed by atoms with van der Waals surface area (Å²) in [6.07, 6.45) is 6.57. The van der Waals surface area contributed by atoms with Gasteiger partial charge in [-0.25, -0.2) is 0 Å². The van der Waals surface area contributed by atoms with Crippen LogP contribution in [0.2, 0.25) is 0 Å². The molecule has 0 atom stereocenters. The highest BCUT2D eigenvalue weighted by Crippen LogP contribution is 2.42. The predicted octanol–water partition coefficient (Wildman–Crippen LogP) is 12.5. The molecule has 0 N–H and O–H groups in total. The topological polar surface area (TPSA) is 12.9 Å². The van der Waals surface area contributed by atoms with Gasteiger partial charge in [0.1, 0.15) is 0 Å². The van der Waals surface area contributed by atoms with Gasteiger partial charge < -0.3 is 0 Å². The molecule has 1 heterocycles. The van der Waals surface area contributed by atoms with Crippen molar-refractivity contribution >= 4 is 54.0 Å². The minimum absolute atomic E-state index is 0.619. The van der Waals surface area contributed by atoms with Crippen molar-refractivity contribution in [1.82, 2.24) is 4.98 Å². The first-order chi connectivity index (χ1) is 22.2. The number of aromatic nitrogens is 1. The SMILES string of the molecule is Cc1ccc2ccc3c(-c4cccc(-c5ccc6c7ccccc7c7ccccc7c6c5)c4)cc(C4CCCCC4)cc3c2n1. The highest BCUT2D eigenvalue weighted by atomic mass is 14.7. The van der Waals surface area contributed by atoms with Crippen LogP contribution >= 0.6 is 0 Å². The molecule has 7 aromatic carbocycles. The summed E-state index contributed by atoms with van der Waals surface area (Å²) in [5.41, 5.74) is 8.75. The molecule has 0 bridgehead atoms. The number of pyridine rings is 1. The van der Waals surface area contributed by atoms with Gasteiger partial charge in [-0.1, -0.05) is 122 Å². The first-order valence-electron chi connectivity index (χ1n) is 16.5. The van der Waals surface area contributed by atoms with Crippen LogP contribution in [0.15, 0.2) is 127 Å². The number of hydrogen-bond donors (Lipinski definition) is 0. The summed E-state index contributed by atoms with van der Waals surface area (Å²) in [4.78, 5) is 5.07. The van der Waals surface area contributed by atoms with Gasteiger partial charge in [-0.3, -0.25) is 4.98 Å². The molecule has 1 aromatic heterocycles. The Hall–Kier alpha value is -5.01. The average Bonchev–Trinajstić information content (AvgIpc) is 3.11. The second-order valence-corrected chi connectivity index (χ2v) is 13.0. The van der Waals surface area contributed by atoms with Gasteiger partial charge in [0.25, 0.3) is 0 Å². The number of hydrogen-bond acceptors (Lipinski definition) is 1. The molecule has 0 amide bonds. The second-order valence-electron chi connectivity index (χ2n) is 13.0. The molecule has 0 radical (unpaired) electrons. The Morgan fingerprint density at radius 3 is 1.84 bits per heavy atom. The summed E-state index contributed by atoms with van der Waals surface area (Å²) >= 11 is 0. The van der Waals surface area contributed by atoms with Crippen molar-refractivity contribution in [1.29, 1.82) is 0 Å². The largest absolute Gasteiger partial charge is 0.252 e. The molecule has 1 heteroatoms. The van der Waals surface area contributed by atoms with Gasteiger partial charge >= 0.3 is 0 Å². The highest BCUT2D eigenvalue weighted by Gasteiger charge is 2.19. The summed E-state index contributed by atoms with van der Waals surface area (Å²) in [7, 11) is 0. The standard InChI is InChI=1S/C44H35N/c1-28-18-19-30-20-22-40-41(26-34(27-43(40)44(30)45-28)29-10-3-2-4-11-29)33-13-9-12-31(24-33)32-21-23-39-37-16-6-5-14-35(37)36-15-7-8-17-38(36)42(39)25-32/h5-9,12-27,29H,2-4,10-11H2,1H3. The van der Waals surface area contributed by atoms with Crippen LogP contribution in [0, 0.1) is 6.92 Å². The Morgan fingerprint density at radius 1 is 0.467 bits per heavy atom. The number of benzene rings is 7. The van der Waals surface area contributed by atoms with Crippen molar-refractivity contribution < 1.29 is 0 Å². The van der Waals surface area contributed by atoms with Gasteiger partial charge in [0.2, 0.25) is 0 Å². The van der Waals surface area contributed by atoms with Crippen molar-refractivity contribution in [2.45, 2.75) is 44.9 Å². The van der Waals surface area contributed by atoms with Crippen LogP contribution in [0.25, 0.3) is 76.2 Å². The third-order valence-corrected chi connectivity index (χ3v) is 10.3. The van der Waals surface area contributed by atoms with Gasteiger partial charge in [-0.05, 0) is 115 Å². The normalized spacial score (nSPS) is 14.2. The molecule has 45 heavy (non-hydrogen) atoms. The van der Waals surface area contributed by atoms with Crippen molar-refractivity contribution in [3.8, 4) is 22.3 Å². The van der Waals surface area contributed by atoms with E-state index in [4.69, 9.17) is 4.98 Å². The van der Waals surface area contributed by atoms with E-state index in [2.05, 4.69) is 134 Å². The van der Waals surface area contributed by atoms with Crippen LogP contribution in [-0.4, -0.2) is 4.98 Å². The monoisotopic (exact) mass is 577 g/mol. The van der Waals surface area contributed by atoms with E-state index >= 15 is 0 Å². The Labute approximate surface area is 264 Å². The zero-order chi connectivity index (χ0) is 29.9. The van der Waals surface area contributed by atoms with Crippen molar-refractivity contribution in [3.05, 3.63) is 139 Å². The molecule has 1 nitrogen and oxygen atoms in total. The number of fused-ring (bicyclic) bond motifs is 9. The number of aryl methyl sites for hydroxylation is 1. The van der Waals surface area contributed by atoms with Crippen LogP contribution in [0.5, 0.6) is 0 Å². The second kappa shape index (κ2) is 10.6. The van der Waals surface area contributed by atoms with Gasteiger partial charge in [0.15, 0.2) is 0 Å². The first kappa shape index (κ1) is 26.4. The van der Waals surface area contributed by atoms with Crippen molar-refractivity contribution in [2.24, 2.45) is 0 Å². The van der Waals surface area contributed by atoms with E-state index in [1.807, 2.05) is 0 Å². The third-order valence-electron chi connectivity index (χ3n) is 10.3. The summed E-state index contributed by atoms with van der Waals surface area (Å²) in [5.74, 6) is 0.619. The summed E-state index contributed by atoms with van der Waals surface area (Å²) in [6.45, 7) is 2.10. The molecule has 216 valence electrons. The molecular formula is C44H35N. The Morgan fingerprint density at radius 2 is 1.09 bits per heavy atom. The molecular weight excluding hydrogens is 542 g/mol. The van der Waals surface area contributed by atoms with Gasteiger partial charge in [0, 0.05) is 16.5 Å². The maximum Gasteiger partial charge on any atom is 0.0783 e. The van der Waals surface area contributed by atoms with Gasteiger partial charge in [0.05, 0.1) is 5.52 Å². The molecule has 1 fully saturated rings.